The number of hydrogen-bond acceptors (Lipinski definition) is 1. The highest BCUT2D eigenvalue weighted by atomic mass is 16.2. The minimum Gasteiger partial charge on any atom is -0.396 e. The molecule has 104 valence electrons. The molecule has 0 aliphatic rings. The summed E-state index contributed by atoms with van der Waals surface area (Å²) in [5.41, 5.74) is 4.22. The number of aromatic nitrogens is 1. The molecule has 0 aliphatic carbocycles. The third-order valence-electron chi connectivity index (χ3n) is 3.77. The number of aliphatic hydroxyl groups is 1. The van der Waals surface area contributed by atoms with Crippen LogP contribution in [0.1, 0.15) is 45.2 Å². The molecule has 1 heterocycles. The van der Waals surface area contributed by atoms with Gasteiger partial charge in [0.05, 0.1) is 0 Å². The molecule has 0 saturated heterocycles. The van der Waals surface area contributed by atoms with E-state index in [-0.39, 0.29) is 12.0 Å². The zero-order valence-electron chi connectivity index (χ0n) is 12.5. The number of hydrogen-bond donors (Lipinski definition) is 1. The summed E-state index contributed by atoms with van der Waals surface area (Å²) >= 11 is 0. The van der Waals surface area contributed by atoms with Crippen LogP contribution >= 0.6 is 0 Å². The lowest BCUT2D eigenvalue weighted by Crippen LogP contribution is -2.10. The van der Waals surface area contributed by atoms with Gasteiger partial charge >= 0.3 is 0 Å². The van der Waals surface area contributed by atoms with E-state index in [4.69, 9.17) is 5.11 Å². The quantitative estimate of drug-likeness (QED) is 0.885. The first-order valence-electron chi connectivity index (χ1n) is 7.20. The van der Waals surface area contributed by atoms with Crippen LogP contribution in [0.3, 0.4) is 0 Å². The molecule has 0 unspecified atom stereocenters. The maximum absolute atomic E-state index is 9.04. The van der Waals surface area contributed by atoms with Crippen molar-refractivity contribution in [1.29, 1.82) is 0 Å². The molecule has 1 N–H and O–H groups in total. The number of rotatable bonds is 4. The summed E-state index contributed by atoms with van der Waals surface area (Å²) in [6.45, 7) is 10.2. The molecule has 2 aromatic rings. The zero-order valence-corrected chi connectivity index (χ0v) is 12.5. The molecule has 0 aliphatic heterocycles. The summed E-state index contributed by atoms with van der Waals surface area (Å²) in [5, 5.41) is 10.4. The van der Waals surface area contributed by atoms with Gasteiger partial charge in [-0.2, -0.15) is 0 Å². The van der Waals surface area contributed by atoms with Gasteiger partial charge in [-0.25, -0.2) is 0 Å². The fourth-order valence-corrected chi connectivity index (χ4v) is 2.57. The molecule has 0 saturated carbocycles. The highest BCUT2D eigenvalue weighted by Gasteiger charge is 2.16. The number of aryl methyl sites for hydroxylation is 2. The Hall–Kier alpha value is -1.28. The normalized spacial score (nSPS) is 12.3. The van der Waals surface area contributed by atoms with Crippen LogP contribution in [0.15, 0.2) is 24.4 Å². The van der Waals surface area contributed by atoms with Gasteiger partial charge in [-0.15, -0.1) is 0 Å². The van der Waals surface area contributed by atoms with Gasteiger partial charge in [-0.05, 0) is 48.4 Å². The minimum atomic E-state index is 0.177. The van der Waals surface area contributed by atoms with E-state index < -0.39 is 0 Å². The summed E-state index contributed by atoms with van der Waals surface area (Å²) in [7, 11) is 0. The fraction of sp³-hybridized carbons (Fsp3) is 0.529. The number of nitrogens with zero attached hydrogens (tertiary/aromatic N) is 1. The Morgan fingerprint density at radius 3 is 2.53 bits per heavy atom. The maximum Gasteiger partial charge on any atom is 0.0483 e. The van der Waals surface area contributed by atoms with E-state index in [9.17, 15) is 0 Å². The number of fused-ring (bicyclic) bond motifs is 1. The molecular formula is C17H25NO. The van der Waals surface area contributed by atoms with E-state index in [0.717, 1.165) is 19.4 Å². The van der Waals surface area contributed by atoms with Crippen molar-refractivity contribution in [3.05, 3.63) is 35.5 Å². The van der Waals surface area contributed by atoms with E-state index in [2.05, 4.69) is 56.7 Å². The van der Waals surface area contributed by atoms with Gasteiger partial charge in [0.15, 0.2) is 0 Å². The van der Waals surface area contributed by atoms with Crippen LogP contribution in [-0.2, 0) is 18.4 Å². The highest BCUT2D eigenvalue weighted by molar-refractivity contribution is 5.85. The third-order valence-corrected chi connectivity index (χ3v) is 3.77. The second kappa shape index (κ2) is 5.38. The van der Waals surface area contributed by atoms with Gasteiger partial charge in [0.1, 0.15) is 0 Å². The van der Waals surface area contributed by atoms with Crippen LogP contribution in [0, 0.1) is 0 Å². The van der Waals surface area contributed by atoms with Crippen LogP contribution < -0.4 is 0 Å². The van der Waals surface area contributed by atoms with Gasteiger partial charge in [-0.1, -0.05) is 26.8 Å². The van der Waals surface area contributed by atoms with Crippen molar-refractivity contribution in [3.8, 4) is 0 Å². The summed E-state index contributed by atoms with van der Waals surface area (Å²) < 4.78 is 2.30. The zero-order chi connectivity index (χ0) is 14.0. The summed E-state index contributed by atoms with van der Waals surface area (Å²) in [6.07, 6.45) is 4.03. The van der Waals surface area contributed by atoms with Gasteiger partial charge in [-0.3, -0.25) is 0 Å². The fourth-order valence-electron chi connectivity index (χ4n) is 2.57. The maximum atomic E-state index is 9.04. The van der Waals surface area contributed by atoms with Crippen LogP contribution in [-0.4, -0.2) is 16.3 Å². The summed E-state index contributed by atoms with van der Waals surface area (Å²) in [5.74, 6) is 0. The van der Waals surface area contributed by atoms with Gasteiger partial charge in [0.2, 0.25) is 0 Å². The minimum absolute atomic E-state index is 0.177. The van der Waals surface area contributed by atoms with Crippen LogP contribution in [0.25, 0.3) is 10.9 Å². The van der Waals surface area contributed by atoms with Crippen molar-refractivity contribution >= 4 is 10.9 Å². The Labute approximate surface area is 116 Å². The molecule has 0 spiro atoms. The smallest absolute Gasteiger partial charge is 0.0483 e. The molecular weight excluding hydrogens is 234 g/mol. The van der Waals surface area contributed by atoms with Crippen LogP contribution in [0.2, 0.25) is 0 Å². The Balaban J connectivity index is 2.54. The lowest BCUT2D eigenvalue weighted by Gasteiger charge is -2.19. The molecule has 19 heavy (non-hydrogen) atoms. The predicted octanol–water partition coefficient (Wildman–Crippen LogP) is 3.88. The van der Waals surface area contributed by atoms with Crippen molar-refractivity contribution in [1.82, 2.24) is 4.57 Å². The van der Waals surface area contributed by atoms with E-state index in [0.29, 0.717) is 0 Å². The van der Waals surface area contributed by atoms with Gasteiger partial charge < -0.3 is 9.67 Å². The van der Waals surface area contributed by atoms with Crippen LogP contribution in [0.4, 0.5) is 0 Å². The summed E-state index contributed by atoms with van der Waals surface area (Å²) in [4.78, 5) is 0. The highest BCUT2D eigenvalue weighted by Crippen LogP contribution is 2.29. The molecule has 1 aromatic carbocycles. The molecule has 2 rings (SSSR count). The Morgan fingerprint density at radius 2 is 1.95 bits per heavy atom. The Bertz CT molecular complexity index is 560. The Kier molecular flexibility index (Phi) is 4.00. The monoisotopic (exact) mass is 259 g/mol. The standard InChI is InChI=1S/C17H25NO/c1-5-18-12-13(7-6-10-19)15-11-14(17(2,3)4)8-9-16(15)18/h8-9,11-12,19H,5-7,10H2,1-4H3. The average Bonchev–Trinajstić information content (AvgIpc) is 2.72. The molecule has 2 heteroatoms. The second-order valence-electron chi connectivity index (χ2n) is 6.25. The molecule has 1 aromatic heterocycles. The van der Waals surface area contributed by atoms with E-state index >= 15 is 0 Å². The largest absolute Gasteiger partial charge is 0.396 e. The second-order valence-corrected chi connectivity index (χ2v) is 6.25. The van der Waals surface area contributed by atoms with Crippen LogP contribution in [0.5, 0.6) is 0 Å². The summed E-state index contributed by atoms with van der Waals surface area (Å²) in [6, 6.07) is 6.81. The average molecular weight is 259 g/mol. The SMILES string of the molecule is CCn1cc(CCCO)c2cc(C(C)(C)C)ccc21. The van der Waals surface area contributed by atoms with Crippen molar-refractivity contribution < 1.29 is 5.11 Å². The van der Waals surface area contributed by atoms with E-state index in [1.807, 2.05) is 0 Å². The van der Waals surface area contributed by atoms with Crippen molar-refractivity contribution in [2.75, 3.05) is 6.61 Å². The number of aliphatic hydroxyl groups excluding tert-OH is 1. The first-order valence-corrected chi connectivity index (χ1v) is 7.20. The van der Waals surface area contributed by atoms with Crippen molar-refractivity contribution in [3.63, 3.8) is 0 Å². The predicted molar refractivity (Wildman–Crippen MR) is 81.7 cm³/mol. The Morgan fingerprint density at radius 1 is 1.21 bits per heavy atom. The van der Waals surface area contributed by atoms with Crippen molar-refractivity contribution in [2.24, 2.45) is 0 Å². The van der Waals surface area contributed by atoms with E-state index in [1.165, 1.54) is 22.0 Å². The molecule has 0 atom stereocenters. The molecule has 0 amide bonds. The number of benzene rings is 1. The van der Waals surface area contributed by atoms with E-state index in [1.54, 1.807) is 0 Å². The van der Waals surface area contributed by atoms with Crippen molar-refractivity contribution in [2.45, 2.75) is 52.5 Å². The topological polar surface area (TPSA) is 25.2 Å². The molecule has 0 bridgehead atoms. The first-order chi connectivity index (χ1) is 8.97. The lowest BCUT2D eigenvalue weighted by atomic mass is 9.86. The van der Waals surface area contributed by atoms with Gasteiger partial charge in [0, 0.05) is 30.3 Å². The van der Waals surface area contributed by atoms with Gasteiger partial charge in [0.25, 0.3) is 0 Å². The molecule has 0 radical (unpaired) electrons. The molecule has 2 nitrogen and oxygen atoms in total. The third kappa shape index (κ3) is 2.84. The first kappa shape index (κ1) is 14.1. The molecule has 0 fully saturated rings. The lowest BCUT2D eigenvalue weighted by molar-refractivity contribution is 0.288.